The Kier molecular flexibility index (Phi) is 5.02. The second-order valence-electron chi connectivity index (χ2n) is 6.63. The molecule has 2 heterocycles. The maximum atomic E-state index is 12.9. The van der Waals surface area contributed by atoms with E-state index in [0.717, 1.165) is 35.8 Å². The predicted octanol–water partition coefficient (Wildman–Crippen LogP) is 2.81. The van der Waals surface area contributed by atoms with Crippen LogP contribution in [0, 0.1) is 13.8 Å². The smallest absolute Gasteiger partial charge is 0.270 e. The Morgan fingerprint density at radius 1 is 1.08 bits per heavy atom. The molecule has 1 amide bonds. The van der Waals surface area contributed by atoms with Crippen molar-refractivity contribution in [2.24, 2.45) is 0 Å². The largest absolute Gasteiger partial charge is 0.495 e. The molecule has 1 fully saturated rings. The lowest BCUT2D eigenvalue weighted by molar-refractivity contribution is 0.0740. The van der Waals surface area contributed by atoms with Crippen LogP contribution in [-0.2, 0) is 0 Å². The fourth-order valence-corrected chi connectivity index (χ4v) is 3.69. The Bertz CT molecular complexity index is 833. The summed E-state index contributed by atoms with van der Waals surface area (Å²) in [5.41, 5.74) is 3.70. The molecule has 1 aromatic heterocycles. The van der Waals surface area contributed by atoms with Crippen molar-refractivity contribution in [3.63, 3.8) is 0 Å². The first kappa shape index (κ1) is 18.0. The van der Waals surface area contributed by atoms with Gasteiger partial charge in [0, 0.05) is 37.4 Å². The van der Waals surface area contributed by atoms with E-state index in [1.165, 1.54) is 6.92 Å². The molecular weight excluding hydrogens is 330 g/mol. The third kappa shape index (κ3) is 3.19. The molecule has 0 radical (unpaired) electrons. The molecule has 1 aromatic carbocycles. The van der Waals surface area contributed by atoms with Crippen molar-refractivity contribution in [2.45, 2.75) is 20.8 Å². The van der Waals surface area contributed by atoms with E-state index in [1.807, 2.05) is 43.0 Å². The zero-order valence-electron chi connectivity index (χ0n) is 15.8. The summed E-state index contributed by atoms with van der Waals surface area (Å²) in [4.78, 5) is 31.9. The van der Waals surface area contributed by atoms with E-state index in [-0.39, 0.29) is 11.7 Å². The van der Waals surface area contributed by atoms with Crippen molar-refractivity contribution in [3.8, 4) is 5.75 Å². The number of methoxy groups -OCH3 is 1. The fraction of sp³-hybridized carbons (Fsp3) is 0.400. The molecule has 1 aliphatic rings. The van der Waals surface area contributed by atoms with Gasteiger partial charge in [-0.15, -0.1) is 0 Å². The molecule has 26 heavy (non-hydrogen) atoms. The quantitative estimate of drug-likeness (QED) is 0.857. The van der Waals surface area contributed by atoms with Crippen LogP contribution in [0.3, 0.4) is 0 Å². The Labute approximate surface area is 153 Å². The van der Waals surface area contributed by atoms with E-state index in [9.17, 15) is 9.59 Å². The number of carbonyl (C=O) groups is 2. The van der Waals surface area contributed by atoms with Crippen LogP contribution in [0.15, 0.2) is 24.3 Å². The zero-order valence-corrected chi connectivity index (χ0v) is 15.8. The van der Waals surface area contributed by atoms with Crippen molar-refractivity contribution in [1.29, 1.82) is 0 Å². The van der Waals surface area contributed by atoms with Gasteiger partial charge in [0.2, 0.25) is 0 Å². The van der Waals surface area contributed by atoms with Gasteiger partial charge in [0.25, 0.3) is 5.91 Å². The zero-order chi connectivity index (χ0) is 18.8. The van der Waals surface area contributed by atoms with E-state index in [2.05, 4.69) is 9.88 Å². The minimum absolute atomic E-state index is 0.0173. The molecular formula is C20H25N3O3. The number of ether oxygens (including phenoxy) is 1. The van der Waals surface area contributed by atoms with Crippen LogP contribution < -0.4 is 9.64 Å². The molecule has 2 aromatic rings. The summed E-state index contributed by atoms with van der Waals surface area (Å²) in [5.74, 6) is 0.781. The highest BCUT2D eigenvalue weighted by Gasteiger charge is 2.27. The number of hydrogen-bond acceptors (Lipinski definition) is 4. The number of aryl methyl sites for hydroxylation is 1. The summed E-state index contributed by atoms with van der Waals surface area (Å²) >= 11 is 0. The summed E-state index contributed by atoms with van der Waals surface area (Å²) < 4.78 is 5.44. The highest BCUT2D eigenvalue weighted by molar-refractivity contribution is 6.02. The molecule has 138 valence electrons. The van der Waals surface area contributed by atoms with Gasteiger partial charge in [-0.3, -0.25) is 9.59 Å². The fourth-order valence-electron chi connectivity index (χ4n) is 3.69. The summed E-state index contributed by atoms with van der Waals surface area (Å²) in [7, 11) is 1.67. The SMILES string of the molecule is COc1ccccc1N1CCN(C(=O)c2[nH]c(C)c(C(C)=O)c2C)CC1. The maximum absolute atomic E-state index is 12.9. The van der Waals surface area contributed by atoms with E-state index in [4.69, 9.17) is 4.74 Å². The lowest BCUT2D eigenvalue weighted by Gasteiger charge is -2.36. The normalized spacial score (nSPS) is 14.5. The molecule has 0 atom stereocenters. The van der Waals surface area contributed by atoms with Gasteiger partial charge in [-0.1, -0.05) is 12.1 Å². The molecule has 1 saturated heterocycles. The van der Waals surface area contributed by atoms with Crippen molar-refractivity contribution >= 4 is 17.4 Å². The average Bonchev–Trinajstić information content (AvgIpc) is 2.95. The maximum Gasteiger partial charge on any atom is 0.270 e. The van der Waals surface area contributed by atoms with Crippen molar-refractivity contribution in [3.05, 3.63) is 46.8 Å². The number of H-pyrrole nitrogens is 1. The molecule has 1 N–H and O–H groups in total. The third-order valence-electron chi connectivity index (χ3n) is 5.00. The van der Waals surface area contributed by atoms with Gasteiger partial charge >= 0.3 is 0 Å². The Morgan fingerprint density at radius 3 is 2.31 bits per heavy atom. The van der Waals surface area contributed by atoms with Gasteiger partial charge in [-0.25, -0.2) is 0 Å². The van der Waals surface area contributed by atoms with Crippen LogP contribution in [0.1, 0.15) is 39.0 Å². The minimum Gasteiger partial charge on any atom is -0.495 e. The van der Waals surface area contributed by atoms with Crippen LogP contribution in [0.2, 0.25) is 0 Å². The summed E-state index contributed by atoms with van der Waals surface area (Å²) in [6.45, 7) is 7.94. The number of anilines is 1. The van der Waals surface area contributed by atoms with Crippen molar-refractivity contribution in [2.75, 3.05) is 38.2 Å². The monoisotopic (exact) mass is 355 g/mol. The molecule has 0 saturated carbocycles. The van der Waals surface area contributed by atoms with Crippen LogP contribution in [-0.4, -0.2) is 54.9 Å². The van der Waals surface area contributed by atoms with Gasteiger partial charge < -0.3 is 19.5 Å². The number of Topliss-reactive ketones (excluding diaryl/α,β-unsaturated/α-hetero) is 1. The summed E-state index contributed by atoms with van der Waals surface area (Å²) in [6, 6.07) is 7.92. The standard InChI is InChI=1S/C20H25N3O3/c1-13-18(15(3)24)14(2)21-19(13)20(25)23-11-9-22(10-12-23)16-7-5-6-8-17(16)26-4/h5-8,21H,9-12H2,1-4H3. The van der Waals surface area contributed by atoms with Gasteiger partial charge in [0.05, 0.1) is 12.8 Å². The second kappa shape index (κ2) is 7.23. The van der Waals surface area contributed by atoms with Gasteiger partial charge in [0.15, 0.2) is 5.78 Å². The number of aromatic nitrogens is 1. The number of benzene rings is 1. The van der Waals surface area contributed by atoms with Crippen LogP contribution in [0.25, 0.3) is 0 Å². The van der Waals surface area contributed by atoms with E-state index >= 15 is 0 Å². The number of ketones is 1. The number of hydrogen-bond donors (Lipinski definition) is 1. The van der Waals surface area contributed by atoms with E-state index in [0.29, 0.717) is 24.3 Å². The lowest BCUT2D eigenvalue weighted by atomic mass is 10.1. The minimum atomic E-state index is -0.0437. The molecule has 1 aliphatic heterocycles. The Hall–Kier alpha value is -2.76. The predicted molar refractivity (Wildman–Crippen MR) is 101 cm³/mol. The molecule has 0 aliphatic carbocycles. The number of nitrogens with one attached hydrogen (secondary N) is 1. The number of rotatable bonds is 4. The van der Waals surface area contributed by atoms with Crippen LogP contribution in [0.5, 0.6) is 5.75 Å². The Balaban J connectivity index is 1.73. The molecule has 0 bridgehead atoms. The Morgan fingerprint density at radius 2 is 1.73 bits per heavy atom. The van der Waals surface area contributed by atoms with Crippen LogP contribution >= 0.6 is 0 Å². The molecule has 0 unspecified atom stereocenters. The van der Waals surface area contributed by atoms with Crippen LogP contribution in [0.4, 0.5) is 5.69 Å². The first-order chi connectivity index (χ1) is 12.4. The molecule has 6 nitrogen and oxygen atoms in total. The van der Waals surface area contributed by atoms with E-state index in [1.54, 1.807) is 7.11 Å². The lowest BCUT2D eigenvalue weighted by Crippen LogP contribution is -2.49. The van der Waals surface area contributed by atoms with Gasteiger partial charge in [0.1, 0.15) is 11.4 Å². The summed E-state index contributed by atoms with van der Waals surface area (Å²) in [5, 5.41) is 0. The number of carbonyl (C=O) groups excluding carboxylic acids is 2. The number of amides is 1. The molecule has 0 spiro atoms. The summed E-state index contributed by atoms with van der Waals surface area (Å²) in [6.07, 6.45) is 0. The third-order valence-corrected chi connectivity index (χ3v) is 5.00. The molecule has 3 rings (SSSR count). The number of aromatic amines is 1. The first-order valence-corrected chi connectivity index (χ1v) is 8.81. The van der Waals surface area contributed by atoms with Gasteiger partial charge in [-0.05, 0) is 38.5 Å². The van der Waals surface area contributed by atoms with Gasteiger partial charge in [-0.2, -0.15) is 0 Å². The van der Waals surface area contributed by atoms with Crippen molar-refractivity contribution in [1.82, 2.24) is 9.88 Å². The van der Waals surface area contributed by atoms with E-state index < -0.39 is 0 Å². The second-order valence-corrected chi connectivity index (χ2v) is 6.63. The van der Waals surface area contributed by atoms with Crippen molar-refractivity contribution < 1.29 is 14.3 Å². The first-order valence-electron chi connectivity index (χ1n) is 8.81. The number of piperazine rings is 1. The highest BCUT2D eigenvalue weighted by atomic mass is 16.5. The topological polar surface area (TPSA) is 65.6 Å². The average molecular weight is 355 g/mol. The highest BCUT2D eigenvalue weighted by Crippen LogP contribution is 2.29. The molecule has 6 heteroatoms. The number of para-hydroxylation sites is 2. The number of nitrogens with zero attached hydrogens (tertiary/aromatic N) is 2.